The minimum Gasteiger partial charge on any atom is -0.283 e. The van der Waals surface area contributed by atoms with Crippen LogP contribution in [0.1, 0.15) is 10.4 Å². The number of anilines is 1. The largest absolute Gasteiger partial charge is 0.303 e. The summed E-state index contributed by atoms with van der Waals surface area (Å²) in [6.07, 6.45) is 1.35. The van der Waals surface area contributed by atoms with E-state index in [-0.39, 0.29) is 0 Å². The van der Waals surface area contributed by atoms with Crippen LogP contribution in [0.15, 0.2) is 37.0 Å². The van der Waals surface area contributed by atoms with E-state index >= 15 is 0 Å². The Kier molecular flexibility index (Phi) is 1.52. The normalized spacial score (nSPS) is 14.6. The Balaban J connectivity index is 2.66. The fourth-order valence-corrected chi connectivity index (χ4v) is 1.39. The molecule has 0 saturated carbocycles. The second kappa shape index (κ2) is 2.55. The standard InChI is InChI=1S/C10H7NO2/c1-2-11-8-6-4-3-5-7(8)9(12)10(11)13/h2-6H,1H2. The molecule has 1 aromatic rings. The van der Waals surface area contributed by atoms with Crippen molar-refractivity contribution in [3.8, 4) is 0 Å². The van der Waals surface area contributed by atoms with Crippen LogP contribution in [0.25, 0.3) is 0 Å². The minimum atomic E-state index is -0.531. The molecule has 1 aliphatic heterocycles. The van der Waals surface area contributed by atoms with E-state index in [1.807, 2.05) is 0 Å². The van der Waals surface area contributed by atoms with Crippen molar-refractivity contribution in [1.82, 2.24) is 0 Å². The fraction of sp³-hybridized carbons (Fsp3) is 0. The van der Waals surface area contributed by atoms with Crippen LogP contribution in [-0.2, 0) is 4.79 Å². The Bertz CT molecular complexity index is 409. The number of amides is 1. The quantitative estimate of drug-likeness (QED) is 0.601. The molecule has 1 aromatic carbocycles. The lowest BCUT2D eigenvalue weighted by molar-refractivity contribution is -0.113. The van der Waals surface area contributed by atoms with Gasteiger partial charge in [0.25, 0.3) is 5.78 Å². The predicted molar refractivity (Wildman–Crippen MR) is 48.5 cm³/mol. The van der Waals surface area contributed by atoms with Gasteiger partial charge in [0.2, 0.25) is 0 Å². The van der Waals surface area contributed by atoms with Gasteiger partial charge in [-0.1, -0.05) is 18.7 Å². The van der Waals surface area contributed by atoms with Crippen molar-refractivity contribution >= 4 is 17.4 Å². The minimum absolute atomic E-state index is 0.451. The van der Waals surface area contributed by atoms with Crippen LogP contribution in [0.3, 0.4) is 0 Å². The number of hydrogen-bond donors (Lipinski definition) is 0. The highest BCUT2D eigenvalue weighted by Gasteiger charge is 2.33. The summed E-state index contributed by atoms with van der Waals surface area (Å²) in [7, 11) is 0. The van der Waals surface area contributed by atoms with Crippen LogP contribution in [0.2, 0.25) is 0 Å². The van der Waals surface area contributed by atoms with Crippen LogP contribution < -0.4 is 4.90 Å². The van der Waals surface area contributed by atoms with Crippen molar-refractivity contribution in [3.05, 3.63) is 42.6 Å². The zero-order chi connectivity index (χ0) is 9.42. The third kappa shape index (κ3) is 0.902. The highest BCUT2D eigenvalue weighted by molar-refractivity contribution is 6.52. The number of benzene rings is 1. The van der Waals surface area contributed by atoms with Crippen LogP contribution in [-0.4, -0.2) is 11.7 Å². The molecular weight excluding hydrogens is 166 g/mol. The molecule has 0 radical (unpaired) electrons. The summed E-state index contributed by atoms with van der Waals surface area (Å²) in [6, 6.07) is 6.87. The maximum absolute atomic E-state index is 11.3. The molecule has 13 heavy (non-hydrogen) atoms. The number of nitrogens with zero attached hydrogens (tertiary/aromatic N) is 1. The second-order valence-electron chi connectivity index (χ2n) is 2.70. The number of para-hydroxylation sites is 1. The lowest BCUT2D eigenvalue weighted by atomic mass is 10.1. The maximum atomic E-state index is 11.3. The molecule has 3 heteroatoms. The molecule has 3 nitrogen and oxygen atoms in total. The van der Waals surface area contributed by atoms with Gasteiger partial charge in [-0.25, -0.2) is 0 Å². The van der Waals surface area contributed by atoms with Crippen molar-refractivity contribution in [3.63, 3.8) is 0 Å². The van der Waals surface area contributed by atoms with E-state index < -0.39 is 11.7 Å². The van der Waals surface area contributed by atoms with Gasteiger partial charge in [-0.2, -0.15) is 0 Å². The van der Waals surface area contributed by atoms with Gasteiger partial charge in [-0.3, -0.25) is 14.5 Å². The smallest absolute Gasteiger partial charge is 0.283 e. The molecule has 0 fully saturated rings. The van der Waals surface area contributed by atoms with Crippen molar-refractivity contribution in [2.24, 2.45) is 0 Å². The van der Waals surface area contributed by atoms with Crippen LogP contribution in [0.5, 0.6) is 0 Å². The van der Waals surface area contributed by atoms with E-state index in [1.54, 1.807) is 24.3 Å². The summed E-state index contributed by atoms with van der Waals surface area (Å²) in [5.74, 6) is -0.994. The maximum Gasteiger partial charge on any atom is 0.303 e. The summed E-state index contributed by atoms with van der Waals surface area (Å²) in [4.78, 5) is 23.9. The topological polar surface area (TPSA) is 37.4 Å². The molecule has 0 aromatic heterocycles. The van der Waals surface area contributed by atoms with Gasteiger partial charge in [-0.05, 0) is 12.1 Å². The fourth-order valence-electron chi connectivity index (χ4n) is 1.39. The van der Waals surface area contributed by atoms with E-state index in [9.17, 15) is 9.59 Å². The SMILES string of the molecule is C=CN1C(=O)C(=O)c2ccccc21. The number of fused-ring (bicyclic) bond motifs is 1. The molecule has 0 spiro atoms. The Morgan fingerprint density at radius 1 is 1.23 bits per heavy atom. The van der Waals surface area contributed by atoms with Gasteiger partial charge in [0.15, 0.2) is 0 Å². The van der Waals surface area contributed by atoms with Gasteiger partial charge in [0.1, 0.15) is 0 Å². The van der Waals surface area contributed by atoms with Crippen LogP contribution in [0, 0.1) is 0 Å². The number of carbonyl (C=O) groups is 2. The molecule has 0 atom stereocenters. The molecule has 1 aliphatic rings. The average molecular weight is 173 g/mol. The van der Waals surface area contributed by atoms with Crippen molar-refractivity contribution in [1.29, 1.82) is 0 Å². The Labute approximate surface area is 75.3 Å². The lowest BCUT2D eigenvalue weighted by Gasteiger charge is -2.08. The van der Waals surface area contributed by atoms with Gasteiger partial charge >= 0.3 is 5.91 Å². The van der Waals surface area contributed by atoms with E-state index in [2.05, 4.69) is 6.58 Å². The van der Waals surface area contributed by atoms with Crippen molar-refractivity contribution < 1.29 is 9.59 Å². The second-order valence-corrected chi connectivity index (χ2v) is 2.70. The third-order valence-electron chi connectivity index (χ3n) is 2.00. The number of rotatable bonds is 1. The first-order valence-corrected chi connectivity index (χ1v) is 3.85. The van der Waals surface area contributed by atoms with E-state index in [0.717, 1.165) is 0 Å². The molecule has 0 aliphatic carbocycles. The monoisotopic (exact) mass is 173 g/mol. The summed E-state index contributed by atoms with van der Waals surface area (Å²) in [5, 5.41) is 0. The Morgan fingerprint density at radius 2 is 1.92 bits per heavy atom. The van der Waals surface area contributed by atoms with Gasteiger partial charge in [0, 0.05) is 6.20 Å². The highest BCUT2D eigenvalue weighted by Crippen LogP contribution is 2.28. The Morgan fingerprint density at radius 3 is 2.62 bits per heavy atom. The summed E-state index contributed by atoms with van der Waals surface area (Å²) < 4.78 is 0. The number of ketones is 1. The van der Waals surface area contributed by atoms with Crippen LogP contribution >= 0.6 is 0 Å². The molecule has 0 saturated heterocycles. The van der Waals surface area contributed by atoms with Gasteiger partial charge in [-0.15, -0.1) is 0 Å². The zero-order valence-electron chi connectivity index (χ0n) is 6.86. The predicted octanol–water partition coefficient (Wildman–Crippen LogP) is 1.36. The molecule has 0 bridgehead atoms. The van der Waals surface area contributed by atoms with Gasteiger partial charge < -0.3 is 0 Å². The molecule has 1 heterocycles. The van der Waals surface area contributed by atoms with Crippen molar-refractivity contribution in [2.75, 3.05) is 4.90 Å². The Hall–Kier alpha value is -1.90. The molecular formula is C10H7NO2. The zero-order valence-corrected chi connectivity index (χ0v) is 6.86. The van der Waals surface area contributed by atoms with Gasteiger partial charge in [0.05, 0.1) is 11.3 Å². The summed E-state index contributed by atoms with van der Waals surface area (Å²) in [5.41, 5.74) is 1.07. The third-order valence-corrected chi connectivity index (χ3v) is 2.00. The molecule has 1 amide bonds. The molecule has 64 valence electrons. The van der Waals surface area contributed by atoms with E-state index in [4.69, 9.17) is 0 Å². The number of hydrogen-bond acceptors (Lipinski definition) is 2. The summed E-state index contributed by atoms with van der Waals surface area (Å²) in [6.45, 7) is 3.48. The number of carbonyl (C=O) groups excluding carboxylic acids is 2. The van der Waals surface area contributed by atoms with Crippen LogP contribution in [0.4, 0.5) is 5.69 Å². The molecule has 2 rings (SSSR count). The first kappa shape index (κ1) is 7.73. The molecule has 0 N–H and O–H groups in total. The first-order chi connectivity index (χ1) is 6.25. The average Bonchev–Trinajstić information content (AvgIpc) is 2.41. The molecule has 0 unspecified atom stereocenters. The highest BCUT2D eigenvalue weighted by atomic mass is 16.2. The number of Topliss-reactive ketones (excluding diaryl/α,β-unsaturated/α-hetero) is 1. The lowest BCUT2D eigenvalue weighted by Crippen LogP contribution is -2.23. The summed E-state index contributed by atoms with van der Waals surface area (Å²) >= 11 is 0. The van der Waals surface area contributed by atoms with E-state index in [0.29, 0.717) is 11.3 Å². The van der Waals surface area contributed by atoms with E-state index in [1.165, 1.54) is 11.1 Å². The van der Waals surface area contributed by atoms with Crippen molar-refractivity contribution in [2.45, 2.75) is 0 Å². The first-order valence-electron chi connectivity index (χ1n) is 3.85.